The maximum atomic E-state index is 12.3. The normalized spacial score (nSPS) is 15.9. The topological polar surface area (TPSA) is 73.8 Å². The van der Waals surface area contributed by atoms with Crippen LogP contribution in [0.2, 0.25) is 0 Å². The van der Waals surface area contributed by atoms with Crippen molar-refractivity contribution in [3.05, 3.63) is 23.3 Å². The van der Waals surface area contributed by atoms with E-state index in [9.17, 15) is 13.2 Å². The molecule has 1 amide bonds. The van der Waals surface area contributed by atoms with Crippen LogP contribution in [0.3, 0.4) is 0 Å². The van der Waals surface area contributed by atoms with Gasteiger partial charge >= 0.3 is 0 Å². The fourth-order valence-corrected chi connectivity index (χ4v) is 4.59. The predicted octanol–water partition coefficient (Wildman–Crippen LogP) is 1.45. The van der Waals surface area contributed by atoms with E-state index in [0.717, 1.165) is 21.2 Å². The second kappa shape index (κ2) is 7.13. The summed E-state index contributed by atoms with van der Waals surface area (Å²) in [5, 5.41) is 0.981. The summed E-state index contributed by atoms with van der Waals surface area (Å²) < 4.78 is 25.2. The summed E-state index contributed by atoms with van der Waals surface area (Å²) in [4.78, 5) is 21.0. The van der Waals surface area contributed by atoms with Crippen molar-refractivity contribution >= 4 is 42.6 Å². The summed E-state index contributed by atoms with van der Waals surface area (Å²) in [7, 11) is -1.92. The zero-order valence-corrected chi connectivity index (χ0v) is 17.2. The molecule has 0 saturated carbocycles. The molecule has 2 aromatic rings. The molecule has 2 heterocycles. The summed E-state index contributed by atoms with van der Waals surface area (Å²) in [6.07, 6.45) is 1.11. The van der Waals surface area contributed by atoms with Crippen LogP contribution in [0.5, 0.6) is 0 Å². The number of carbonyl (C=O) groups is 1. The Hall–Kier alpha value is -1.71. The fourth-order valence-electron chi connectivity index (χ4n) is 3.05. The molecule has 7 nitrogen and oxygen atoms in total. The summed E-state index contributed by atoms with van der Waals surface area (Å²) in [6, 6.07) is 4.30. The van der Waals surface area contributed by atoms with E-state index in [1.54, 1.807) is 16.2 Å². The fraction of sp³-hybridized carbons (Fsp3) is 0.529. The Bertz CT molecular complexity index is 931. The van der Waals surface area contributed by atoms with Crippen molar-refractivity contribution in [1.82, 2.24) is 14.2 Å². The highest BCUT2D eigenvalue weighted by molar-refractivity contribution is 7.88. The summed E-state index contributed by atoms with van der Waals surface area (Å²) in [5.41, 5.74) is 3.46. The number of benzene rings is 1. The number of thiazole rings is 1. The number of hydrogen-bond donors (Lipinski definition) is 0. The van der Waals surface area contributed by atoms with E-state index < -0.39 is 10.0 Å². The van der Waals surface area contributed by atoms with Crippen molar-refractivity contribution in [1.29, 1.82) is 0 Å². The molecule has 3 rings (SSSR count). The van der Waals surface area contributed by atoms with Crippen molar-refractivity contribution in [3.8, 4) is 0 Å². The summed E-state index contributed by atoms with van der Waals surface area (Å²) >= 11 is 1.68. The quantitative estimate of drug-likeness (QED) is 0.782. The van der Waals surface area contributed by atoms with Crippen molar-refractivity contribution in [2.45, 2.75) is 13.8 Å². The molecule has 0 atom stereocenters. The van der Waals surface area contributed by atoms with Gasteiger partial charge in [0.05, 0.1) is 23.0 Å². The first-order chi connectivity index (χ1) is 12.1. The van der Waals surface area contributed by atoms with Gasteiger partial charge in [-0.2, -0.15) is 4.31 Å². The molecule has 0 unspecified atom stereocenters. The number of sulfonamides is 1. The maximum Gasteiger partial charge on any atom is 0.238 e. The van der Waals surface area contributed by atoms with Crippen LogP contribution in [-0.2, 0) is 14.8 Å². The van der Waals surface area contributed by atoms with Gasteiger partial charge in [0.1, 0.15) is 0 Å². The van der Waals surface area contributed by atoms with Crippen molar-refractivity contribution < 1.29 is 13.2 Å². The first kappa shape index (κ1) is 19.1. The number of fused-ring (bicyclic) bond motifs is 1. The molecule has 1 aromatic heterocycles. The van der Waals surface area contributed by atoms with Gasteiger partial charge in [-0.05, 0) is 31.0 Å². The highest BCUT2D eigenvalue weighted by Gasteiger charge is 2.25. The molecule has 0 spiro atoms. The standard InChI is InChI=1S/C17H24N4O3S2/c1-12-9-13(2)16-14(10-12)25-17(18-16)21-7-5-20(6-8-21)15(22)11-19(3)26(4,23)24/h9-10H,5-8,11H2,1-4H3. The van der Waals surface area contributed by atoms with E-state index in [1.165, 1.54) is 22.9 Å². The Balaban J connectivity index is 1.65. The summed E-state index contributed by atoms with van der Waals surface area (Å²) in [5.74, 6) is -0.159. The lowest BCUT2D eigenvalue weighted by Crippen LogP contribution is -2.51. The van der Waals surface area contributed by atoms with Crippen LogP contribution in [0.15, 0.2) is 12.1 Å². The molecule has 1 aromatic carbocycles. The van der Waals surface area contributed by atoms with Crippen LogP contribution in [0.1, 0.15) is 11.1 Å². The van der Waals surface area contributed by atoms with Gasteiger partial charge in [0.25, 0.3) is 0 Å². The van der Waals surface area contributed by atoms with Crippen molar-refractivity contribution in [2.24, 2.45) is 0 Å². The third-order valence-electron chi connectivity index (χ3n) is 4.65. The van der Waals surface area contributed by atoms with Crippen LogP contribution in [0, 0.1) is 13.8 Å². The number of aromatic nitrogens is 1. The Morgan fingerprint density at radius 3 is 2.50 bits per heavy atom. The number of nitrogens with zero attached hydrogens (tertiary/aromatic N) is 4. The predicted molar refractivity (Wildman–Crippen MR) is 105 cm³/mol. The number of anilines is 1. The first-order valence-electron chi connectivity index (χ1n) is 8.47. The van der Waals surface area contributed by atoms with Gasteiger partial charge < -0.3 is 9.80 Å². The number of aryl methyl sites for hydroxylation is 2. The average Bonchev–Trinajstić information content (AvgIpc) is 2.98. The monoisotopic (exact) mass is 396 g/mol. The minimum Gasteiger partial charge on any atom is -0.345 e. The van der Waals surface area contributed by atoms with E-state index in [2.05, 4.69) is 30.9 Å². The van der Waals surface area contributed by atoms with Crippen LogP contribution in [-0.4, -0.2) is 74.5 Å². The second-order valence-electron chi connectivity index (χ2n) is 6.81. The molecule has 0 N–H and O–H groups in total. The van der Waals surface area contributed by atoms with Crippen LogP contribution in [0.4, 0.5) is 5.13 Å². The minimum absolute atomic E-state index is 0.113. The van der Waals surface area contributed by atoms with Gasteiger partial charge in [-0.1, -0.05) is 17.4 Å². The number of amides is 1. The lowest BCUT2D eigenvalue weighted by molar-refractivity contribution is -0.131. The van der Waals surface area contributed by atoms with Gasteiger partial charge in [-0.15, -0.1) is 0 Å². The van der Waals surface area contributed by atoms with Crippen LogP contribution < -0.4 is 4.90 Å². The average molecular weight is 397 g/mol. The molecule has 1 aliphatic heterocycles. The highest BCUT2D eigenvalue weighted by atomic mass is 32.2. The molecular formula is C17H24N4O3S2. The largest absolute Gasteiger partial charge is 0.345 e. The first-order valence-corrected chi connectivity index (χ1v) is 11.1. The Morgan fingerprint density at radius 1 is 1.23 bits per heavy atom. The highest BCUT2D eigenvalue weighted by Crippen LogP contribution is 2.32. The Morgan fingerprint density at radius 2 is 1.88 bits per heavy atom. The molecule has 26 heavy (non-hydrogen) atoms. The number of piperazine rings is 1. The molecule has 1 saturated heterocycles. The zero-order valence-electron chi connectivity index (χ0n) is 15.5. The number of carbonyl (C=O) groups excluding carboxylic acids is 1. The van der Waals surface area contributed by atoms with Gasteiger partial charge in [0.15, 0.2) is 5.13 Å². The van der Waals surface area contributed by atoms with Crippen molar-refractivity contribution in [2.75, 3.05) is 50.9 Å². The second-order valence-corrected chi connectivity index (χ2v) is 9.91. The summed E-state index contributed by atoms with van der Waals surface area (Å²) in [6.45, 7) is 6.60. The SMILES string of the molecule is Cc1cc(C)c2nc(N3CCN(C(=O)CN(C)S(C)(=O)=O)CC3)sc2c1. The van der Waals surface area contributed by atoms with Gasteiger partial charge in [0.2, 0.25) is 15.9 Å². The minimum atomic E-state index is -3.35. The lowest BCUT2D eigenvalue weighted by Gasteiger charge is -2.35. The van der Waals surface area contributed by atoms with E-state index in [4.69, 9.17) is 4.98 Å². The third kappa shape index (κ3) is 3.99. The Kier molecular flexibility index (Phi) is 5.23. The number of hydrogen-bond acceptors (Lipinski definition) is 6. The molecule has 142 valence electrons. The van der Waals surface area contributed by atoms with Crippen molar-refractivity contribution in [3.63, 3.8) is 0 Å². The molecule has 9 heteroatoms. The molecular weight excluding hydrogens is 372 g/mol. The number of rotatable bonds is 4. The van der Waals surface area contributed by atoms with Gasteiger partial charge in [-0.3, -0.25) is 4.79 Å². The van der Waals surface area contributed by atoms with Crippen LogP contribution >= 0.6 is 11.3 Å². The van der Waals surface area contributed by atoms with Gasteiger partial charge in [0, 0.05) is 33.2 Å². The maximum absolute atomic E-state index is 12.3. The smallest absolute Gasteiger partial charge is 0.238 e. The third-order valence-corrected chi connectivity index (χ3v) is 6.97. The molecule has 0 aliphatic carbocycles. The van der Waals surface area contributed by atoms with E-state index in [0.29, 0.717) is 26.2 Å². The molecule has 0 bridgehead atoms. The zero-order chi connectivity index (χ0) is 19.1. The van der Waals surface area contributed by atoms with Crippen LogP contribution in [0.25, 0.3) is 10.2 Å². The molecule has 1 aliphatic rings. The van der Waals surface area contributed by atoms with E-state index in [1.807, 2.05) is 0 Å². The lowest BCUT2D eigenvalue weighted by atomic mass is 10.1. The Labute approximate surface area is 158 Å². The van der Waals surface area contributed by atoms with E-state index >= 15 is 0 Å². The molecule has 0 radical (unpaired) electrons. The molecule has 1 fully saturated rings. The number of likely N-dealkylation sites (N-methyl/N-ethyl adjacent to an activating group) is 1. The van der Waals surface area contributed by atoms with E-state index in [-0.39, 0.29) is 12.5 Å². The van der Waals surface area contributed by atoms with Gasteiger partial charge in [-0.25, -0.2) is 13.4 Å².